The van der Waals surface area contributed by atoms with Gasteiger partial charge >= 0.3 is 0 Å². The number of methoxy groups -OCH3 is 1. The Kier molecular flexibility index (Phi) is 6.28. The highest BCUT2D eigenvalue weighted by Crippen LogP contribution is 2.55. The van der Waals surface area contributed by atoms with Gasteiger partial charge in [-0.1, -0.05) is 60.7 Å². The second-order valence-electron chi connectivity index (χ2n) is 8.30. The van der Waals surface area contributed by atoms with Gasteiger partial charge in [-0.15, -0.1) is 0 Å². The highest BCUT2D eigenvalue weighted by Gasteiger charge is 2.44. The molecular formula is C30H29NOP+. The van der Waals surface area contributed by atoms with Crippen molar-refractivity contribution in [2.24, 2.45) is 0 Å². The second-order valence-corrected chi connectivity index (χ2v) is 11.9. The summed E-state index contributed by atoms with van der Waals surface area (Å²) in [5, 5.41) is 5.51. The minimum absolute atomic E-state index is 0.936. The SMILES string of the molecule is COc1cccc2c1ccn2CCC[P+](c1ccccc1)(c1ccccc1)c1ccccc1. The molecule has 0 N–H and O–H groups in total. The van der Waals surface area contributed by atoms with Crippen LogP contribution in [-0.4, -0.2) is 17.8 Å². The normalized spacial score (nSPS) is 11.5. The maximum Gasteiger partial charge on any atom is 0.128 e. The summed E-state index contributed by atoms with van der Waals surface area (Å²) in [7, 11) is -0.0447. The van der Waals surface area contributed by atoms with Crippen LogP contribution in [0.1, 0.15) is 6.42 Å². The summed E-state index contributed by atoms with van der Waals surface area (Å²) >= 11 is 0. The van der Waals surface area contributed by atoms with Crippen LogP contribution in [-0.2, 0) is 6.54 Å². The fraction of sp³-hybridized carbons (Fsp3) is 0.133. The molecule has 0 aliphatic carbocycles. The predicted molar refractivity (Wildman–Crippen MR) is 143 cm³/mol. The van der Waals surface area contributed by atoms with Crippen LogP contribution in [0.25, 0.3) is 10.9 Å². The first-order valence-electron chi connectivity index (χ1n) is 11.5. The van der Waals surface area contributed by atoms with E-state index in [0.717, 1.165) is 24.9 Å². The number of hydrogen-bond donors (Lipinski definition) is 0. The maximum atomic E-state index is 5.57. The Labute approximate surface area is 196 Å². The van der Waals surface area contributed by atoms with Crippen molar-refractivity contribution < 1.29 is 4.74 Å². The van der Waals surface area contributed by atoms with Crippen LogP contribution in [0, 0.1) is 0 Å². The highest BCUT2D eigenvalue weighted by atomic mass is 31.2. The van der Waals surface area contributed by atoms with Gasteiger partial charge in [0.15, 0.2) is 0 Å². The average molecular weight is 451 g/mol. The van der Waals surface area contributed by atoms with Crippen molar-refractivity contribution in [3.63, 3.8) is 0 Å². The molecule has 0 saturated carbocycles. The van der Waals surface area contributed by atoms with Crippen LogP contribution < -0.4 is 20.7 Å². The van der Waals surface area contributed by atoms with Gasteiger partial charge in [0.1, 0.15) is 28.9 Å². The zero-order chi connectivity index (χ0) is 22.5. The topological polar surface area (TPSA) is 14.2 Å². The fourth-order valence-corrected chi connectivity index (χ4v) is 9.26. The molecule has 0 saturated heterocycles. The number of nitrogens with zero attached hydrogens (tertiary/aromatic N) is 1. The zero-order valence-corrected chi connectivity index (χ0v) is 19.9. The largest absolute Gasteiger partial charge is 0.496 e. The van der Waals surface area contributed by atoms with Crippen molar-refractivity contribution in [2.75, 3.05) is 13.3 Å². The number of rotatable bonds is 8. The van der Waals surface area contributed by atoms with E-state index in [4.69, 9.17) is 4.74 Å². The van der Waals surface area contributed by atoms with E-state index in [1.54, 1.807) is 7.11 Å². The third kappa shape index (κ3) is 4.08. The van der Waals surface area contributed by atoms with Crippen molar-refractivity contribution in [2.45, 2.75) is 13.0 Å². The van der Waals surface area contributed by atoms with Crippen LogP contribution in [0.5, 0.6) is 5.75 Å². The van der Waals surface area contributed by atoms with Gasteiger partial charge in [-0.25, -0.2) is 0 Å². The van der Waals surface area contributed by atoms with E-state index in [-0.39, 0.29) is 0 Å². The molecule has 0 unspecified atom stereocenters. The van der Waals surface area contributed by atoms with Crippen molar-refractivity contribution in [3.8, 4) is 5.75 Å². The van der Waals surface area contributed by atoms with Gasteiger partial charge in [-0.05, 0) is 54.6 Å². The molecule has 0 amide bonds. The molecule has 0 atom stereocenters. The van der Waals surface area contributed by atoms with Crippen LogP contribution in [0.2, 0.25) is 0 Å². The lowest BCUT2D eigenvalue weighted by Gasteiger charge is -2.28. The van der Waals surface area contributed by atoms with Crippen LogP contribution >= 0.6 is 7.26 Å². The van der Waals surface area contributed by atoms with Crippen molar-refractivity contribution in [1.29, 1.82) is 0 Å². The molecule has 5 aromatic rings. The van der Waals surface area contributed by atoms with E-state index in [2.05, 4.69) is 120 Å². The molecule has 0 aliphatic heterocycles. The van der Waals surface area contributed by atoms with E-state index in [1.807, 2.05) is 6.07 Å². The summed E-state index contributed by atoms with van der Waals surface area (Å²) in [6.07, 6.45) is 4.41. The minimum atomic E-state index is -1.79. The summed E-state index contributed by atoms with van der Waals surface area (Å²) in [6, 6.07) is 41.9. The lowest BCUT2D eigenvalue weighted by Crippen LogP contribution is -2.33. The number of hydrogen-bond acceptors (Lipinski definition) is 1. The first-order chi connectivity index (χ1) is 16.3. The summed E-state index contributed by atoms with van der Waals surface area (Å²) in [5.41, 5.74) is 1.23. The molecule has 4 aromatic carbocycles. The van der Waals surface area contributed by atoms with Crippen molar-refractivity contribution in [1.82, 2.24) is 4.57 Å². The van der Waals surface area contributed by atoms with Crippen molar-refractivity contribution in [3.05, 3.63) is 121 Å². The van der Waals surface area contributed by atoms with Gasteiger partial charge in [0.25, 0.3) is 0 Å². The Hall–Kier alpha value is -3.35. The molecule has 0 spiro atoms. The first-order valence-corrected chi connectivity index (χ1v) is 13.5. The van der Waals surface area contributed by atoms with Gasteiger partial charge in [0.05, 0.1) is 18.8 Å². The van der Waals surface area contributed by atoms with E-state index in [1.165, 1.54) is 26.8 Å². The molecule has 1 aromatic heterocycles. The van der Waals surface area contributed by atoms with Crippen molar-refractivity contribution >= 4 is 34.1 Å². The maximum absolute atomic E-state index is 5.57. The average Bonchev–Trinajstić information content (AvgIpc) is 3.31. The Bertz CT molecular complexity index is 1220. The monoisotopic (exact) mass is 450 g/mol. The van der Waals surface area contributed by atoms with Gasteiger partial charge < -0.3 is 9.30 Å². The predicted octanol–water partition coefficient (Wildman–Crippen LogP) is 6.03. The third-order valence-corrected chi connectivity index (χ3v) is 11.0. The first kappa shape index (κ1) is 21.5. The molecule has 0 bridgehead atoms. The molecule has 1 heterocycles. The Morgan fingerprint density at radius 2 is 1.18 bits per heavy atom. The molecule has 0 radical (unpaired) electrons. The number of aromatic nitrogens is 1. The number of ether oxygens (including phenoxy) is 1. The smallest absolute Gasteiger partial charge is 0.128 e. The van der Waals surface area contributed by atoms with E-state index in [9.17, 15) is 0 Å². The Morgan fingerprint density at radius 1 is 0.636 bits per heavy atom. The molecule has 3 heteroatoms. The lowest BCUT2D eigenvalue weighted by atomic mass is 10.2. The molecule has 5 rings (SSSR count). The van der Waals surface area contributed by atoms with Gasteiger partial charge in [-0.2, -0.15) is 0 Å². The van der Waals surface area contributed by atoms with Crippen LogP contribution in [0.3, 0.4) is 0 Å². The standard InChI is InChI=1S/C30H29NOP/c1-32-30-20-11-19-29-28(30)21-23-31(29)22-12-24-33(25-13-5-2-6-14-25,26-15-7-3-8-16-26)27-17-9-4-10-18-27/h2-11,13-21,23H,12,22,24H2,1H3/q+1. The second kappa shape index (κ2) is 9.65. The number of benzene rings is 4. The summed E-state index contributed by atoms with van der Waals surface area (Å²) in [6.45, 7) is 0.977. The third-order valence-electron chi connectivity index (χ3n) is 6.48. The van der Waals surface area contributed by atoms with E-state index >= 15 is 0 Å². The van der Waals surface area contributed by atoms with Crippen LogP contribution in [0.4, 0.5) is 0 Å². The summed E-state index contributed by atoms with van der Waals surface area (Å²) < 4.78 is 7.93. The number of aryl methyl sites for hydroxylation is 1. The zero-order valence-electron chi connectivity index (χ0n) is 19.0. The number of fused-ring (bicyclic) bond motifs is 1. The summed E-state index contributed by atoms with van der Waals surface area (Å²) in [5.74, 6) is 0.936. The van der Waals surface area contributed by atoms with E-state index in [0.29, 0.717) is 0 Å². The molecular weight excluding hydrogens is 421 g/mol. The van der Waals surface area contributed by atoms with Gasteiger partial charge in [0, 0.05) is 24.5 Å². The molecule has 2 nitrogen and oxygen atoms in total. The molecule has 164 valence electrons. The van der Waals surface area contributed by atoms with Crippen LogP contribution in [0.15, 0.2) is 121 Å². The van der Waals surface area contributed by atoms with E-state index < -0.39 is 7.26 Å². The molecule has 33 heavy (non-hydrogen) atoms. The Balaban J connectivity index is 1.54. The molecule has 0 aliphatic rings. The quantitative estimate of drug-likeness (QED) is 0.263. The lowest BCUT2D eigenvalue weighted by molar-refractivity contribution is 0.420. The fourth-order valence-electron chi connectivity index (χ4n) is 4.93. The van der Waals surface area contributed by atoms with Gasteiger partial charge in [0.2, 0.25) is 0 Å². The summed E-state index contributed by atoms with van der Waals surface area (Å²) in [4.78, 5) is 0. The Morgan fingerprint density at radius 3 is 1.70 bits per heavy atom. The highest BCUT2D eigenvalue weighted by molar-refractivity contribution is 7.95. The van der Waals surface area contributed by atoms with Gasteiger partial charge in [-0.3, -0.25) is 0 Å². The molecule has 0 fully saturated rings. The minimum Gasteiger partial charge on any atom is -0.496 e.